The van der Waals surface area contributed by atoms with Crippen molar-refractivity contribution in [1.82, 2.24) is 9.88 Å². The van der Waals surface area contributed by atoms with E-state index in [1.165, 1.54) is 0 Å². The first-order valence-corrected chi connectivity index (χ1v) is 6.25. The molecule has 1 N–H and O–H groups in total. The highest BCUT2D eigenvalue weighted by atomic mass is 16.3. The fourth-order valence-electron chi connectivity index (χ4n) is 2.26. The van der Waals surface area contributed by atoms with Gasteiger partial charge < -0.3 is 14.9 Å². The molecule has 4 nitrogen and oxygen atoms in total. The Labute approximate surface area is 103 Å². The molecule has 0 unspecified atom stereocenters. The minimum absolute atomic E-state index is 0.459. The van der Waals surface area contributed by atoms with Gasteiger partial charge in [0.15, 0.2) is 0 Å². The van der Waals surface area contributed by atoms with E-state index < -0.39 is 6.10 Å². The first kappa shape index (κ1) is 12.3. The summed E-state index contributed by atoms with van der Waals surface area (Å²) < 4.78 is 0. The number of aliphatic hydroxyl groups is 1. The number of pyridine rings is 1. The highest BCUT2D eigenvalue weighted by Crippen LogP contribution is 2.24. The second-order valence-electron chi connectivity index (χ2n) is 4.74. The SMILES string of the molecule is C[C@H](O)c1cccnc1N1CCCN(C)CC1. The van der Waals surface area contributed by atoms with Crippen LogP contribution in [-0.2, 0) is 0 Å². The normalized spacial score (nSPS) is 20.1. The first-order chi connectivity index (χ1) is 8.18. The van der Waals surface area contributed by atoms with Gasteiger partial charge in [0.25, 0.3) is 0 Å². The zero-order valence-corrected chi connectivity index (χ0v) is 10.6. The van der Waals surface area contributed by atoms with E-state index in [4.69, 9.17) is 0 Å². The Morgan fingerprint density at radius 2 is 2.12 bits per heavy atom. The van der Waals surface area contributed by atoms with Crippen molar-refractivity contribution in [2.45, 2.75) is 19.4 Å². The van der Waals surface area contributed by atoms with E-state index >= 15 is 0 Å². The molecule has 1 atom stereocenters. The van der Waals surface area contributed by atoms with Gasteiger partial charge in [0.1, 0.15) is 5.82 Å². The first-order valence-electron chi connectivity index (χ1n) is 6.25. The Hall–Kier alpha value is -1.13. The Bertz CT molecular complexity index is 367. The molecule has 0 aliphatic carbocycles. The van der Waals surface area contributed by atoms with Crippen LogP contribution < -0.4 is 4.90 Å². The fourth-order valence-corrected chi connectivity index (χ4v) is 2.26. The van der Waals surface area contributed by atoms with Gasteiger partial charge >= 0.3 is 0 Å². The van der Waals surface area contributed by atoms with Crippen molar-refractivity contribution in [2.24, 2.45) is 0 Å². The van der Waals surface area contributed by atoms with Crippen molar-refractivity contribution in [3.8, 4) is 0 Å². The maximum absolute atomic E-state index is 9.78. The largest absolute Gasteiger partial charge is 0.389 e. The number of nitrogens with zero attached hydrogens (tertiary/aromatic N) is 3. The summed E-state index contributed by atoms with van der Waals surface area (Å²) in [6.07, 6.45) is 2.49. The second kappa shape index (κ2) is 5.47. The number of aliphatic hydroxyl groups excluding tert-OH is 1. The van der Waals surface area contributed by atoms with E-state index in [1.807, 2.05) is 12.1 Å². The van der Waals surface area contributed by atoms with E-state index in [-0.39, 0.29) is 0 Å². The van der Waals surface area contributed by atoms with Crippen LogP contribution in [0.1, 0.15) is 25.0 Å². The number of anilines is 1. The molecule has 2 heterocycles. The molecule has 1 aromatic rings. The average Bonchev–Trinajstić information content (AvgIpc) is 2.54. The van der Waals surface area contributed by atoms with E-state index in [0.29, 0.717) is 0 Å². The summed E-state index contributed by atoms with van der Waals surface area (Å²) in [5, 5.41) is 9.78. The summed E-state index contributed by atoms with van der Waals surface area (Å²) in [6.45, 7) is 5.97. The molecular weight excluding hydrogens is 214 g/mol. The van der Waals surface area contributed by atoms with Gasteiger partial charge in [-0.25, -0.2) is 4.98 Å². The molecule has 0 radical (unpaired) electrons. The molecule has 2 rings (SSSR count). The Balaban J connectivity index is 2.21. The van der Waals surface area contributed by atoms with E-state index in [9.17, 15) is 5.11 Å². The molecule has 1 aromatic heterocycles. The van der Waals surface area contributed by atoms with Crippen LogP contribution in [0.4, 0.5) is 5.82 Å². The van der Waals surface area contributed by atoms with Gasteiger partial charge in [-0.2, -0.15) is 0 Å². The van der Waals surface area contributed by atoms with Crippen LogP contribution in [0.2, 0.25) is 0 Å². The summed E-state index contributed by atoms with van der Waals surface area (Å²) in [6, 6.07) is 3.84. The molecule has 0 bridgehead atoms. The molecule has 94 valence electrons. The van der Waals surface area contributed by atoms with E-state index in [1.54, 1.807) is 13.1 Å². The monoisotopic (exact) mass is 235 g/mol. The Kier molecular flexibility index (Phi) is 3.97. The standard InChI is InChI=1S/C13H21N3O/c1-11(17)12-5-3-6-14-13(12)16-8-4-7-15(2)9-10-16/h3,5-6,11,17H,4,7-10H2,1-2H3/t11-/m0/s1. The smallest absolute Gasteiger partial charge is 0.134 e. The van der Waals surface area contributed by atoms with Crippen LogP contribution in [0.5, 0.6) is 0 Å². The molecular formula is C13H21N3O. The minimum Gasteiger partial charge on any atom is -0.389 e. The lowest BCUT2D eigenvalue weighted by Crippen LogP contribution is -2.30. The molecule has 1 aliphatic rings. The quantitative estimate of drug-likeness (QED) is 0.838. The fraction of sp³-hybridized carbons (Fsp3) is 0.615. The molecule has 4 heteroatoms. The lowest BCUT2D eigenvalue weighted by molar-refractivity contribution is 0.199. The van der Waals surface area contributed by atoms with Crippen molar-refractivity contribution in [3.63, 3.8) is 0 Å². The number of hydrogen-bond donors (Lipinski definition) is 1. The van der Waals surface area contributed by atoms with Gasteiger partial charge in [0.2, 0.25) is 0 Å². The number of aromatic nitrogens is 1. The minimum atomic E-state index is -0.459. The van der Waals surface area contributed by atoms with Gasteiger partial charge in [-0.3, -0.25) is 0 Å². The highest BCUT2D eigenvalue weighted by molar-refractivity contribution is 5.47. The van der Waals surface area contributed by atoms with Crippen LogP contribution in [0.25, 0.3) is 0 Å². The van der Waals surface area contributed by atoms with Crippen LogP contribution in [0.3, 0.4) is 0 Å². The second-order valence-corrected chi connectivity index (χ2v) is 4.74. The van der Waals surface area contributed by atoms with Crippen molar-refractivity contribution in [3.05, 3.63) is 23.9 Å². The van der Waals surface area contributed by atoms with E-state index in [0.717, 1.165) is 44.0 Å². The summed E-state index contributed by atoms with van der Waals surface area (Å²) in [5.74, 6) is 0.942. The zero-order valence-electron chi connectivity index (χ0n) is 10.6. The molecule has 0 aromatic carbocycles. The van der Waals surface area contributed by atoms with Gasteiger partial charge in [-0.1, -0.05) is 6.07 Å². The third kappa shape index (κ3) is 2.96. The molecule has 1 fully saturated rings. The van der Waals surface area contributed by atoms with Crippen LogP contribution in [-0.4, -0.2) is 48.2 Å². The highest BCUT2D eigenvalue weighted by Gasteiger charge is 2.18. The summed E-state index contributed by atoms with van der Waals surface area (Å²) in [7, 11) is 2.15. The van der Waals surface area contributed by atoms with E-state index in [2.05, 4.69) is 21.8 Å². The van der Waals surface area contributed by atoms with Crippen LogP contribution in [0, 0.1) is 0 Å². The summed E-state index contributed by atoms with van der Waals surface area (Å²) in [4.78, 5) is 9.06. The molecule has 1 aliphatic heterocycles. The summed E-state index contributed by atoms with van der Waals surface area (Å²) >= 11 is 0. The maximum Gasteiger partial charge on any atom is 0.134 e. The maximum atomic E-state index is 9.78. The molecule has 1 saturated heterocycles. The third-order valence-electron chi connectivity index (χ3n) is 3.29. The number of rotatable bonds is 2. The molecule has 0 spiro atoms. The van der Waals surface area contributed by atoms with Gasteiger partial charge in [-0.05, 0) is 33.0 Å². The van der Waals surface area contributed by atoms with Gasteiger partial charge in [0.05, 0.1) is 6.10 Å². The summed E-state index contributed by atoms with van der Waals surface area (Å²) in [5.41, 5.74) is 0.928. The average molecular weight is 235 g/mol. The van der Waals surface area contributed by atoms with Crippen molar-refractivity contribution in [1.29, 1.82) is 0 Å². The molecule has 0 saturated carbocycles. The van der Waals surface area contributed by atoms with Crippen molar-refractivity contribution in [2.75, 3.05) is 38.1 Å². The lowest BCUT2D eigenvalue weighted by atomic mass is 10.1. The van der Waals surface area contributed by atoms with Crippen LogP contribution in [0.15, 0.2) is 18.3 Å². The van der Waals surface area contributed by atoms with Crippen LogP contribution >= 0.6 is 0 Å². The van der Waals surface area contributed by atoms with Gasteiger partial charge in [0, 0.05) is 31.4 Å². The number of likely N-dealkylation sites (N-methyl/N-ethyl adjacent to an activating group) is 1. The zero-order chi connectivity index (χ0) is 12.3. The predicted molar refractivity (Wildman–Crippen MR) is 69.2 cm³/mol. The topological polar surface area (TPSA) is 39.6 Å². The third-order valence-corrected chi connectivity index (χ3v) is 3.29. The number of hydrogen-bond acceptors (Lipinski definition) is 4. The van der Waals surface area contributed by atoms with Gasteiger partial charge in [-0.15, -0.1) is 0 Å². The van der Waals surface area contributed by atoms with Crippen molar-refractivity contribution < 1.29 is 5.11 Å². The molecule has 0 amide bonds. The Morgan fingerprint density at radius 3 is 2.88 bits per heavy atom. The van der Waals surface area contributed by atoms with Crippen molar-refractivity contribution >= 4 is 5.82 Å². The molecule has 17 heavy (non-hydrogen) atoms. The lowest BCUT2D eigenvalue weighted by Gasteiger charge is -2.24. The predicted octanol–water partition coefficient (Wildman–Crippen LogP) is 1.28. The Morgan fingerprint density at radius 1 is 1.29 bits per heavy atom.